The third-order valence-electron chi connectivity index (χ3n) is 3.51. The number of hydrogen-bond acceptors (Lipinski definition) is 2. The van der Waals surface area contributed by atoms with E-state index in [9.17, 15) is 9.18 Å². The molecule has 1 aliphatic rings. The molecule has 0 radical (unpaired) electrons. The number of nitriles is 1. The minimum Gasteiger partial charge on any atom is -0.369 e. The molecule has 1 aromatic rings. The fraction of sp³-hybridized carbons (Fsp3) is 0.467. The zero-order valence-corrected chi connectivity index (χ0v) is 11.2. The molecule has 3 nitrogen and oxygen atoms in total. The van der Waals surface area contributed by atoms with Gasteiger partial charge in [0.1, 0.15) is 11.9 Å². The summed E-state index contributed by atoms with van der Waals surface area (Å²) in [6, 6.07) is 3.50. The molecule has 1 aromatic carbocycles. The van der Waals surface area contributed by atoms with Gasteiger partial charge in [-0.1, -0.05) is 13.8 Å². The summed E-state index contributed by atoms with van der Waals surface area (Å²) in [7, 11) is 0. The van der Waals surface area contributed by atoms with Crippen LogP contribution in [-0.2, 0) is 11.2 Å². The Bertz CT molecular complexity index is 568. The van der Waals surface area contributed by atoms with Crippen molar-refractivity contribution in [1.29, 1.82) is 5.26 Å². The molecular formula is C15H17FN2O. The molecule has 1 amide bonds. The summed E-state index contributed by atoms with van der Waals surface area (Å²) in [4.78, 5) is 11.2. The topological polar surface area (TPSA) is 66.9 Å². The monoisotopic (exact) mass is 260 g/mol. The summed E-state index contributed by atoms with van der Waals surface area (Å²) in [5.74, 6) is -0.703. The van der Waals surface area contributed by atoms with E-state index in [0.717, 1.165) is 18.4 Å². The largest absolute Gasteiger partial charge is 0.369 e. The number of halogens is 1. The van der Waals surface area contributed by atoms with E-state index in [1.165, 1.54) is 0 Å². The third-order valence-corrected chi connectivity index (χ3v) is 3.51. The molecule has 0 unspecified atom stereocenters. The first kappa shape index (κ1) is 13.5. The van der Waals surface area contributed by atoms with Gasteiger partial charge in [-0.3, -0.25) is 4.79 Å². The summed E-state index contributed by atoms with van der Waals surface area (Å²) in [5, 5.41) is 9.04. The maximum atomic E-state index is 14.3. The molecule has 2 N–H and O–H groups in total. The van der Waals surface area contributed by atoms with Gasteiger partial charge in [0.05, 0.1) is 12.0 Å². The van der Waals surface area contributed by atoms with Crippen LogP contribution in [0, 0.1) is 17.1 Å². The van der Waals surface area contributed by atoms with E-state index in [1.54, 1.807) is 6.07 Å². The van der Waals surface area contributed by atoms with Gasteiger partial charge in [0.25, 0.3) is 0 Å². The molecule has 0 saturated heterocycles. The van der Waals surface area contributed by atoms with Crippen LogP contribution in [0.5, 0.6) is 0 Å². The van der Waals surface area contributed by atoms with E-state index in [0.29, 0.717) is 17.0 Å². The minimum atomic E-state index is -0.502. The van der Waals surface area contributed by atoms with Gasteiger partial charge in [-0.2, -0.15) is 5.26 Å². The standard InChI is InChI=1S/C15H17FN2O/c1-8(2)14-12(6-13(18)19)11(9-3-4-9)5-10(7-17)15(14)16/h5,8-9H,3-4,6H2,1-2H3,(H2,18,19). The van der Waals surface area contributed by atoms with Gasteiger partial charge < -0.3 is 5.73 Å². The highest BCUT2D eigenvalue weighted by molar-refractivity contribution is 5.78. The predicted octanol–water partition coefficient (Wildman–Crippen LogP) is 2.73. The molecular weight excluding hydrogens is 243 g/mol. The van der Waals surface area contributed by atoms with Crippen molar-refractivity contribution in [2.75, 3.05) is 0 Å². The summed E-state index contributed by atoms with van der Waals surface area (Å²) < 4.78 is 14.3. The number of primary amides is 1. The number of amides is 1. The van der Waals surface area contributed by atoms with Crippen molar-refractivity contribution in [2.24, 2.45) is 5.73 Å². The van der Waals surface area contributed by atoms with Crippen LogP contribution < -0.4 is 5.73 Å². The minimum absolute atomic E-state index is 0.0436. The van der Waals surface area contributed by atoms with Crippen molar-refractivity contribution in [2.45, 2.75) is 44.9 Å². The summed E-state index contributed by atoms with van der Waals surface area (Å²) in [6.07, 6.45) is 2.10. The molecule has 1 fully saturated rings. The molecule has 0 aromatic heterocycles. The maximum Gasteiger partial charge on any atom is 0.221 e. The maximum absolute atomic E-state index is 14.3. The quantitative estimate of drug-likeness (QED) is 0.904. The fourth-order valence-electron chi connectivity index (χ4n) is 2.55. The van der Waals surface area contributed by atoms with Crippen LogP contribution in [0.25, 0.3) is 0 Å². The summed E-state index contributed by atoms with van der Waals surface area (Å²) >= 11 is 0. The van der Waals surface area contributed by atoms with Gasteiger partial charge in [0.15, 0.2) is 0 Å². The number of carbonyl (C=O) groups excluding carboxylic acids is 1. The van der Waals surface area contributed by atoms with Crippen molar-refractivity contribution in [3.63, 3.8) is 0 Å². The molecule has 0 spiro atoms. The Balaban J connectivity index is 2.68. The van der Waals surface area contributed by atoms with Crippen molar-refractivity contribution >= 4 is 5.91 Å². The Morgan fingerprint density at radius 1 is 1.58 bits per heavy atom. The number of nitrogens with zero attached hydrogens (tertiary/aromatic N) is 1. The average Bonchev–Trinajstić information content (AvgIpc) is 3.12. The van der Waals surface area contributed by atoms with Crippen LogP contribution in [0.2, 0.25) is 0 Å². The van der Waals surface area contributed by atoms with E-state index in [2.05, 4.69) is 0 Å². The van der Waals surface area contributed by atoms with Crippen LogP contribution in [-0.4, -0.2) is 5.91 Å². The third kappa shape index (κ3) is 2.60. The van der Waals surface area contributed by atoms with Crippen molar-refractivity contribution < 1.29 is 9.18 Å². The summed E-state index contributed by atoms with van der Waals surface area (Å²) in [6.45, 7) is 3.72. The molecule has 0 bridgehead atoms. The average molecular weight is 260 g/mol. The molecule has 100 valence electrons. The van der Waals surface area contributed by atoms with E-state index in [4.69, 9.17) is 11.0 Å². The highest BCUT2D eigenvalue weighted by Gasteiger charge is 2.30. The van der Waals surface area contributed by atoms with Crippen molar-refractivity contribution in [3.8, 4) is 6.07 Å². The van der Waals surface area contributed by atoms with E-state index in [1.807, 2.05) is 19.9 Å². The Morgan fingerprint density at radius 3 is 2.63 bits per heavy atom. The van der Waals surface area contributed by atoms with E-state index < -0.39 is 11.7 Å². The molecule has 0 heterocycles. The fourth-order valence-corrected chi connectivity index (χ4v) is 2.55. The number of hydrogen-bond donors (Lipinski definition) is 1. The van der Waals surface area contributed by atoms with E-state index >= 15 is 0 Å². The van der Waals surface area contributed by atoms with Crippen LogP contribution in [0.3, 0.4) is 0 Å². The molecule has 1 aliphatic carbocycles. The van der Waals surface area contributed by atoms with E-state index in [-0.39, 0.29) is 17.9 Å². The molecule has 2 rings (SSSR count). The SMILES string of the molecule is CC(C)c1c(F)c(C#N)cc(C2CC2)c1CC(N)=O. The van der Waals surface area contributed by atoms with Gasteiger partial charge in [-0.05, 0) is 47.4 Å². The molecule has 0 aliphatic heterocycles. The highest BCUT2D eigenvalue weighted by atomic mass is 19.1. The molecule has 19 heavy (non-hydrogen) atoms. The first-order valence-electron chi connectivity index (χ1n) is 6.49. The van der Waals surface area contributed by atoms with Crippen molar-refractivity contribution in [3.05, 3.63) is 34.1 Å². The first-order chi connectivity index (χ1) is 8.95. The lowest BCUT2D eigenvalue weighted by Gasteiger charge is -2.18. The number of benzene rings is 1. The van der Waals surface area contributed by atoms with Gasteiger partial charge in [0, 0.05) is 0 Å². The van der Waals surface area contributed by atoms with Crippen LogP contribution in [0.1, 0.15) is 60.8 Å². The lowest BCUT2D eigenvalue weighted by molar-refractivity contribution is -0.117. The Labute approximate surface area is 112 Å². The highest BCUT2D eigenvalue weighted by Crippen LogP contribution is 2.44. The zero-order valence-electron chi connectivity index (χ0n) is 11.2. The van der Waals surface area contributed by atoms with Crippen molar-refractivity contribution in [1.82, 2.24) is 0 Å². The van der Waals surface area contributed by atoms with Gasteiger partial charge in [-0.25, -0.2) is 4.39 Å². The second kappa shape index (κ2) is 5.00. The number of rotatable bonds is 4. The zero-order chi connectivity index (χ0) is 14.2. The van der Waals surface area contributed by atoms with Crippen LogP contribution in [0.15, 0.2) is 6.07 Å². The van der Waals surface area contributed by atoms with Gasteiger partial charge >= 0.3 is 0 Å². The van der Waals surface area contributed by atoms with Gasteiger partial charge in [0.2, 0.25) is 5.91 Å². The lowest BCUT2D eigenvalue weighted by atomic mass is 9.87. The Morgan fingerprint density at radius 2 is 2.21 bits per heavy atom. The predicted molar refractivity (Wildman–Crippen MR) is 70.1 cm³/mol. The number of carbonyl (C=O) groups is 1. The van der Waals surface area contributed by atoms with Gasteiger partial charge in [-0.15, -0.1) is 0 Å². The first-order valence-corrected chi connectivity index (χ1v) is 6.49. The Kier molecular flexibility index (Phi) is 3.57. The lowest BCUT2D eigenvalue weighted by Crippen LogP contribution is -2.18. The number of nitrogens with two attached hydrogens (primary N) is 1. The Hall–Kier alpha value is -1.89. The smallest absolute Gasteiger partial charge is 0.221 e. The summed E-state index contributed by atoms with van der Waals surface area (Å²) in [5.41, 5.74) is 7.44. The van der Waals surface area contributed by atoms with Crippen LogP contribution in [0.4, 0.5) is 4.39 Å². The molecule has 4 heteroatoms. The molecule has 0 atom stereocenters. The molecule has 1 saturated carbocycles. The second-order valence-corrected chi connectivity index (χ2v) is 5.40. The normalized spacial score (nSPS) is 14.5. The van der Waals surface area contributed by atoms with Crippen LogP contribution >= 0.6 is 0 Å². The second-order valence-electron chi connectivity index (χ2n) is 5.40.